The maximum absolute atomic E-state index is 12.1. The summed E-state index contributed by atoms with van der Waals surface area (Å²) in [4.78, 5) is 14.4. The Kier molecular flexibility index (Phi) is 5.06. The van der Waals surface area contributed by atoms with E-state index in [-0.39, 0.29) is 18.6 Å². The number of hydrogen-bond donors (Lipinski definition) is 3. The van der Waals surface area contributed by atoms with Crippen molar-refractivity contribution in [2.45, 2.75) is 25.0 Å². The van der Waals surface area contributed by atoms with Gasteiger partial charge in [0.1, 0.15) is 5.60 Å². The van der Waals surface area contributed by atoms with E-state index >= 15 is 0 Å². The number of hydrogen-bond acceptors (Lipinski definition) is 4. The monoisotopic (exact) mass is 345 g/mol. The van der Waals surface area contributed by atoms with Gasteiger partial charge >= 0.3 is 6.03 Å². The van der Waals surface area contributed by atoms with Gasteiger partial charge in [0.05, 0.1) is 6.54 Å². The lowest BCUT2D eigenvalue weighted by Gasteiger charge is -2.24. The standard InChI is InChI=1S/C18H23N3O2S/c1-18(23,14-8-10-24-12-14)13-19-17(22)20-15-7-9-21(11-15)16-5-3-2-4-6-16/h2-6,8,10,12,15,23H,7,9,11,13H2,1H3,(H2,19,20,22)/t15-,18+/m1/s1. The van der Waals surface area contributed by atoms with Crippen molar-refractivity contribution >= 4 is 23.1 Å². The van der Waals surface area contributed by atoms with E-state index in [2.05, 4.69) is 27.7 Å². The zero-order valence-electron chi connectivity index (χ0n) is 13.7. The normalized spacial score (nSPS) is 19.8. The third kappa shape index (κ3) is 4.07. The number of para-hydroxylation sites is 1. The molecule has 1 saturated heterocycles. The van der Waals surface area contributed by atoms with Crippen LogP contribution in [0.4, 0.5) is 10.5 Å². The summed E-state index contributed by atoms with van der Waals surface area (Å²) < 4.78 is 0. The minimum Gasteiger partial charge on any atom is -0.384 e. The van der Waals surface area contributed by atoms with Crippen molar-refractivity contribution in [2.75, 3.05) is 24.5 Å². The minimum atomic E-state index is -1.05. The molecule has 2 aromatic rings. The van der Waals surface area contributed by atoms with Gasteiger partial charge in [0.25, 0.3) is 0 Å². The van der Waals surface area contributed by atoms with Gasteiger partial charge < -0.3 is 20.6 Å². The SMILES string of the molecule is C[C@](O)(CNC(=O)N[C@@H]1CCN(c2ccccc2)C1)c1ccsc1. The Morgan fingerprint density at radius 2 is 2.17 bits per heavy atom. The second-order valence-electron chi connectivity index (χ2n) is 6.38. The summed E-state index contributed by atoms with van der Waals surface area (Å²) >= 11 is 1.53. The number of nitrogens with one attached hydrogen (secondary N) is 2. The summed E-state index contributed by atoms with van der Waals surface area (Å²) in [6.45, 7) is 3.63. The predicted molar refractivity (Wildman–Crippen MR) is 97.5 cm³/mol. The van der Waals surface area contributed by atoms with E-state index in [0.29, 0.717) is 0 Å². The van der Waals surface area contributed by atoms with Crippen molar-refractivity contribution < 1.29 is 9.90 Å². The van der Waals surface area contributed by atoms with Crippen LogP contribution in [0.3, 0.4) is 0 Å². The second-order valence-corrected chi connectivity index (χ2v) is 7.16. The van der Waals surface area contributed by atoms with Crippen LogP contribution in [-0.4, -0.2) is 36.8 Å². The molecule has 1 aromatic heterocycles. The summed E-state index contributed by atoms with van der Waals surface area (Å²) in [5, 5.41) is 20.0. The van der Waals surface area contributed by atoms with Gasteiger partial charge in [-0.05, 0) is 47.9 Å². The molecule has 0 spiro atoms. The molecule has 2 atom stereocenters. The molecule has 0 aliphatic carbocycles. The van der Waals surface area contributed by atoms with Gasteiger partial charge in [-0.3, -0.25) is 0 Å². The quantitative estimate of drug-likeness (QED) is 0.780. The van der Waals surface area contributed by atoms with Gasteiger partial charge in [0.15, 0.2) is 0 Å². The van der Waals surface area contributed by atoms with E-state index in [1.54, 1.807) is 6.92 Å². The van der Waals surface area contributed by atoms with Gasteiger partial charge in [-0.2, -0.15) is 11.3 Å². The molecule has 128 valence electrons. The van der Waals surface area contributed by atoms with Gasteiger partial charge in [-0.15, -0.1) is 0 Å². The van der Waals surface area contributed by atoms with Crippen LogP contribution >= 0.6 is 11.3 Å². The lowest BCUT2D eigenvalue weighted by atomic mass is 9.99. The summed E-state index contributed by atoms with van der Waals surface area (Å²) in [7, 11) is 0. The lowest BCUT2D eigenvalue weighted by Crippen LogP contribution is -2.47. The maximum atomic E-state index is 12.1. The molecule has 0 unspecified atom stereocenters. The minimum absolute atomic E-state index is 0.122. The number of nitrogens with zero attached hydrogens (tertiary/aromatic N) is 1. The molecule has 3 N–H and O–H groups in total. The zero-order chi connectivity index (χ0) is 17.0. The van der Waals surface area contributed by atoms with Crippen molar-refractivity contribution in [3.05, 3.63) is 52.7 Å². The molecule has 2 heterocycles. The van der Waals surface area contributed by atoms with Gasteiger partial charge in [-0.1, -0.05) is 18.2 Å². The van der Waals surface area contributed by atoms with E-state index in [1.807, 2.05) is 35.0 Å². The first-order valence-electron chi connectivity index (χ1n) is 8.14. The molecule has 0 bridgehead atoms. The summed E-state index contributed by atoms with van der Waals surface area (Å²) in [5.41, 5.74) is 0.954. The Morgan fingerprint density at radius 3 is 2.88 bits per heavy atom. The first-order valence-corrected chi connectivity index (χ1v) is 9.08. The smallest absolute Gasteiger partial charge is 0.315 e. The van der Waals surface area contributed by atoms with Gasteiger partial charge in [-0.25, -0.2) is 4.79 Å². The highest BCUT2D eigenvalue weighted by Crippen LogP contribution is 2.22. The Morgan fingerprint density at radius 1 is 1.38 bits per heavy atom. The van der Waals surface area contributed by atoms with E-state index < -0.39 is 5.60 Å². The molecule has 1 aliphatic rings. The number of aliphatic hydroxyl groups is 1. The van der Waals surface area contributed by atoms with Gasteiger partial charge in [0, 0.05) is 24.8 Å². The van der Waals surface area contributed by atoms with Gasteiger partial charge in [0.2, 0.25) is 0 Å². The molecule has 0 radical (unpaired) electrons. The van der Waals surface area contributed by atoms with Crippen molar-refractivity contribution in [2.24, 2.45) is 0 Å². The van der Waals surface area contributed by atoms with Crippen molar-refractivity contribution in [1.82, 2.24) is 10.6 Å². The third-order valence-electron chi connectivity index (χ3n) is 4.38. The lowest BCUT2D eigenvalue weighted by molar-refractivity contribution is 0.0597. The Balaban J connectivity index is 1.46. The topological polar surface area (TPSA) is 64.6 Å². The summed E-state index contributed by atoms with van der Waals surface area (Å²) in [6, 6.07) is 12.0. The van der Waals surface area contributed by atoms with Crippen LogP contribution in [0.2, 0.25) is 0 Å². The largest absolute Gasteiger partial charge is 0.384 e. The fraction of sp³-hybridized carbons (Fsp3) is 0.389. The van der Waals surface area contributed by atoms with Crippen LogP contribution in [0.5, 0.6) is 0 Å². The van der Waals surface area contributed by atoms with Crippen LogP contribution in [0.25, 0.3) is 0 Å². The van der Waals surface area contributed by atoms with E-state index in [9.17, 15) is 9.90 Å². The Labute approximate surface area is 146 Å². The molecule has 6 heteroatoms. The molecule has 0 saturated carbocycles. The van der Waals surface area contributed by atoms with Crippen LogP contribution in [0, 0.1) is 0 Å². The van der Waals surface area contributed by atoms with Crippen molar-refractivity contribution in [3.63, 3.8) is 0 Å². The number of carbonyl (C=O) groups is 1. The average molecular weight is 345 g/mol. The number of thiophene rings is 1. The van der Waals surface area contributed by atoms with Crippen molar-refractivity contribution in [1.29, 1.82) is 0 Å². The Bertz CT molecular complexity index is 658. The predicted octanol–water partition coefficient (Wildman–Crippen LogP) is 2.53. The molecule has 5 nitrogen and oxygen atoms in total. The number of amides is 2. The van der Waals surface area contributed by atoms with Crippen LogP contribution in [0.1, 0.15) is 18.9 Å². The fourth-order valence-electron chi connectivity index (χ4n) is 2.91. The van der Waals surface area contributed by atoms with E-state index in [1.165, 1.54) is 17.0 Å². The second kappa shape index (κ2) is 7.23. The number of urea groups is 1. The van der Waals surface area contributed by atoms with Crippen molar-refractivity contribution in [3.8, 4) is 0 Å². The molecule has 1 aliphatic heterocycles. The molecular weight excluding hydrogens is 322 g/mol. The Hall–Kier alpha value is -2.05. The van der Waals surface area contributed by atoms with Crippen LogP contribution < -0.4 is 15.5 Å². The first-order chi connectivity index (χ1) is 11.5. The molecule has 1 aromatic carbocycles. The van der Waals surface area contributed by atoms with E-state index in [0.717, 1.165) is 25.1 Å². The number of rotatable bonds is 5. The number of carbonyl (C=O) groups excluding carboxylic acids is 1. The molecular formula is C18H23N3O2S. The molecule has 24 heavy (non-hydrogen) atoms. The van der Waals surface area contributed by atoms with Crippen LogP contribution in [-0.2, 0) is 5.60 Å². The highest BCUT2D eigenvalue weighted by atomic mass is 32.1. The zero-order valence-corrected chi connectivity index (χ0v) is 14.6. The van der Waals surface area contributed by atoms with E-state index in [4.69, 9.17) is 0 Å². The first kappa shape index (κ1) is 16.8. The highest BCUT2D eigenvalue weighted by Gasteiger charge is 2.27. The average Bonchev–Trinajstić information content (AvgIpc) is 3.26. The molecule has 3 rings (SSSR count). The summed E-state index contributed by atoms with van der Waals surface area (Å²) in [5.74, 6) is 0. The van der Waals surface area contributed by atoms with Crippen LogP contribution in [0.15, 0.2) is 47.2 Å². The summed E-state index contributed by atoms with van der Waals surface area (Å²) in [6.07, 6.45) is 0.920. The highest BCUT2D eigenvalue weighted by molar-refractivity contribution is 7.08. The third-order valence-corrected chi connectivity index (χ3v) is 5.06. The maximum Gasteiger partial charge on any atom is 0.315 e. The fourth-order valence-corrected chi connectivity index (χ4v) is 3.70. The number of anilines is 1. The molecule has 1 fully saturated rings. The number of benzene rings is 1. The molecule has 2 amide bonds.